The summed E-state index contributed by atoms with van der Waals surface area (Å²) in [5, 5.41) is 5.04. The molecule has 0 aliphatic carbocycles. The van der Waals surface area contributed by atoms with Crippen LogP contribution in [0.15, 0.2) is 97.6 Å². The van der Waals surface area contributed by atoms with E-state index >= 15 is 0 Å². The van der Waals surface area contributed by atoms with Gasteiger partial charge >= 0.3 is 0 Å². The molecule has 0 amide bonds. The molecule has 24 heavy (non-hydrogen) atoms. The lowest BCUT2D eigenvalue weighted by Gasteiger charge is -2.18. The quantitative estimate of drug-likeness (QED) is 0.377. The predicted molar refractivity (Wildman–Crippen MR) is 100 cm³/mol. The van der Waals surface area contributed by atoms with Crippen LogP contribution in [0, 0.1) is 0 Å². The first kappa shape index (κ1) is 13.2. The number of aromatic nitrogens is 2. The summed E-state index contributed by atoms with van der Waals surface area (Å²) in [6, 6.07) is 25.6. The van der Waals surface area contributed by atoms with Crippen LogP contribution >= 0.6 is 0 Å². The van der Waals surface area contributed by atoms with Gasteiger partial charge < -0.3 is 9.13 Å². The molecule has 0 fully saturated rings. The molecular weight excluding hydrogens is 292 g/mol. The third-order valence-electron chi connectivity index (χ3n) is 4.60. The van der Waals surface area contributed by atoms with Crippen molar-refractivity contribution in [3.05, 3.63) is 97.6 Å². The topological polar surface area (TPSA) is 9.86 Å². The molecule has 5 aromatic rings. The van der Waals surface area contributed by atoms with Gasteiger partial charge in [0, 0.05) is 46.3 Å². The highest BCUT2D eigenvalue weighted by Gasteiger charge is 2.15. The summed E-state index contributed by atoms with van der Waals surface area (Å²) in [6.45, 7) is 0. The Morgan fingerprint density at radius 3 is 0.958 bits per heavy atom. The summed E-state index contributed by atoms with van der Waals surface area (Å²) in [7, 11) is 0. The molecule has 2 heterocycles. The molecule has 0 aliphatic rings. The first-order valence-electron chi connectivity index (χ1n) is 8.13. The van der Waals surface area contributed by atoms with Crippen LogP contribution in [-0.4, -0.2) is 9.13 Å². The van der Waals surface area contributed by atoms with Crippen molar-refractivity contribution >= 4 is 21.5 Å². The number of benzene rings is 3. The highest BCUT2D eigenvalue weighted by atomic mass is 15.0. The van der Waals surface area contributed by atoms with Crippen molar-refractivity contribution in [1.29, 1.82) is 0 Å². The summed E-state index contributed by atoms with van der Waals surface area (Å²) >= 11 is 0. The maximum absolute atomic E-state index is 2.21. The molecule has 0 aliphatic heterocycles. The lowest BCUT2D eigenvalue weighted by atomic mass is 9.98. The van der Waals surface area contributed by atoms with Gasteiger partial charge in [0.25, 0.3) is 0 Å². The van der Waals surface area contributed by atoms with Crippen LogP contribution in [0.2, 0.25) is 0 Å². The van der Waals surface area contributed by atoms with E-state index in [1.54, 1.807) is 0 Å². The molecule has 0 saturated carbocycles. The van der Waals surface area contributed by atoms with Crippen molar-refractivity contribution in [3.63, 3.8) is 0 Å². The second-order valence-electron chi connectivity index (χ2n) is 5.97. The zero-order valence-electron chi connectivity index (χ0n) is 13.1. The Morgan fingerprint density at radius 1 is 0.375 bits per heavy atom. The maximum atomic E-state index is 2.21. The Labute approximate surface area is 140 Å². The molecule has 0 atom stereocenters. The van der Waals surface area contributed by atoms with Gasteiger partial charge in [-0.3, -0.25) is 0 Å². The summed E-state index contributed by atoms with van der Waals surface area (Å²) in [4.78, 5) is 0. The van der Waals surface area contributed by atoms with Crippen LogP contribution in [-0.2, 0) is 0 Å². The fourth-order valence-electron chi connectivity index (χ4n) is 3.61. The highest BCUT2D eigenvalue weighted by molar-refractivity contribution is 6.14. The standard InChI is InChI=1S/C22H16N2/c1-2-10-18-17(9-1)21(23-13-5-6-14-23)19-11-3-4-12-20(19)22(18)24-15-7-8-16-24/h1-16H. The van der Waals surface area contributed by atoms with Gasteiger partial charge in [0.05, 0.1) is 11.4 Å². The normalized spacial score (nSPS) is 11.3. The lowest BCUT2D eigenvalue weighted by Crippen LogP contribution is -1.99. The van der Waals surface area contributed by atoms with Crippen molar-refractivity contribution in [3.8, 4) is 11.4 Å². The summed E-state index contributed by atoms with van der Waals surface area (Å²) in [5.74, 6) is 0. The first-order chi connectivity index (χ1) is 11.9. The van der Waals surface area contributed by atoms with Crippen LogP contribution in [0.3, 0.4) is 0 Å². The third-order valence-corrected chi connectivity index (χ3v) is 4.60. The number of fused-ring (bicyclic) bond motifs is 2. The second kappa shape index (κ2) is 5.14. The van der Waals surface area contributed by atoms with Gasteiger partial charge in [-0.15, -0.1) is 0 Å². The van der Waals surface area contributed by atoms with Crippen molar-refractivity contribution in [2.24, 2.45) is 0 Å². The maximum Gasteiger partial charge on any atom is 0.0607 e. The van der Waals surface area contributed by atoms with E-state index in [1.807, 2.05) is 0 Å². The van der Waals surface area contributed by atoms with Crippen molar-refractivity contribution < 1.29 is 0 Å². The zero-order valence-corrected chi connectivity index (χ0v) is 13.1. The highest BCUT2D eigenvalue weighted by Crippen LogP contribution is 2.37. The largest absolute Gasteiger partial charge is 0.323 e. The van der Waals surface area contributed by atoms with Crippen LogP contribution in [0.1, 0.15) is 0 Å². The Kier molecular flexibility index (Phi) is 2.83. The zero-order chi connectivity index (χ0) is 15.9. The molecule has 0 N–H and O–H groups in total. The predicted octanol–water partition coefficient (Wildman–Crippen LogP) is 5.57. The molecule has 114 valence electrons. The van der Waals surface area contributed by atoms with Gasteiger partial charge in [0.15, 0.2) is 0 Å². The Bertz CT molecular complexity index is 984. The van der Waals surface area contributed by atoms with Gasteiger partial charge in [-0.2, -0.15) is 0 Å². The molecule has 2 heteroatoms. The second-order valence-corrected chi connectivity index (χ2v) is 5.97. The van der Waals surface area contributed by atoms with Gasteiger partial charge in [0.1, 0.15) is 0 Å². The smallest absolute Gasteiger partial charge is 0.0607 e. The van der Waals surface area contributed by atoms with Crippen LogP contribution in [0.4, 0.5) is 0 Å². The Hall–Kier alpha value is -3.26. The van der Waals surface area contributed by atoms with E-state index in [2.05, 4.69) is 107 Å². The Morgan fingerprint density at radius 2 is 0.667 bits per heavy atom. The fourth-order valence-corrected chi connectivity index (χ4v) is 3.61. The van der Waals surface area contributed by atoms with E-state index in [0.717, 1.165) is 0 Å². The fraction of sp³-hybridized carbons (Fsp3) is 0. The summed E-state index contributed by atoms with van der Waals surface area (Å²) < 4.78 is 4.42. The molecule has 3 aromatic carbocycles. The molecule has 2 aromatic heterocycles. The van der Waals surface area contributed by atoms with Gasteiger partial charge in [0.2, 0.25) is 0 Å². The Balaban J connectivity index is 2.06. The molecule has 2 nitrogen and oxygen atoms in total. The average molecular weight is 308 g/mol. The van der Waals surface area contributed by atoms with Gasteiger partial charge in [-0.1, -0.05) is 48.5 Å². The molecule has 0 spiro atoms. The van der Waals surface area contributed by atoms with E-state index < -0.39 is 0 Å². The third kappa shape index (κ3) is 1.83. The van der Waals surface area contributed by atoms with E-state index in [0.29, 0.717) is 0 Å². The van der Waals surface area contributed by atoms with E-state index in [-0.39, 0.29) is 0 Å². The average Bonchev–Trinajstić information content (AvgIpc) is 3.33. The minimum absolute atomic E-state index is 1.24. The molecule has 5 rings (SSSR count). The van der Waals surface area contributed by atoms with Crippen LogP contribution in [0.5, 0.6) is 0 Å². The van der Waals surface area contributed by atoms with Crippen molar-refractivity contribution in [2.75, 3.05) is 0 Å². The molecule has 0 radical (unpaired) electrons. The minimum atomic E-state index is 1.24. The molecule has 0 bridgehead atoms. The molecular formula is C22H16N2. The van der Waals surface area contributed by atoms with Crippen molar-refractivity contribution in [1.82, 2.24) is 9.13 Å². The number of hydrogen-bond donors (Lipinski definition) is 0. The minimum Gasteiger partial charge on any atom is -0.323 e. The number of rotatable bonds is 2. The summed E-state index contributed by atoms with van der Waals surface area (Å²) in [5.41, 5.74) is 2.48. The van der Waals surface area contributed by atoms with Gasteiger partial charge in [-0.05, 0) is 24.3 Å². The number of nitrogens with zero attached hydrogens (tertiary/aromatic N) is 2. The van der Waals surface area contributed by atoms with E-state index in [4.69, 9.17) is 0 Å². The van der Waals surface area contributed by atoms with E-state index in [1.165, 1.54) is 32.9 Å². The van der Waals surface area contributed by atoms with Crippen molar-refractivity contribution in [2.45, 2.75) is 0 Å². The monoisotopic (exact) mass is 308 g/mol. The first-order valence-corrected chi connectivity index (χ1v) is 8.13. The lowest BCUT2D eigenvalue weighted by molar-refractivity contribution is 1.09. The van der Waals surface area contributed by atoms with Crippen LogP contribution < -0.4 is 0 Å². The molecule has 0 unspecified atom stereocenters. The van der Waals surface area contributed by atoms with E-state index in [9.17, 15) is 0 Å². The van der Waals surface area contributed by atoms with Gasteiger partial charge in [-0.25, -0.2) is 0 Å². The molecule has 0 saturated heterocycles. The number of hydrogen-bond acceptors (Lipinski definition) is 0. The SMILES string of the molecule is c1ccc2c(-n3cccc3)c3ccccc3c(-n3cccc3)c2c1. The van der Waals surface area contributed by atoms with Crippen LogP contribution in [0.25, 0.3) is 32.9 Å². The summed E-state index contributed by atoms with van der Waals surface area (Å²) in [6.07, 6.45) is 8.46.